The van der Waals surface area contributed by atoms with E-state index in [1.165, 1.54) is 34.5 Å². The van der Waals surface area contributed by atoms with E-state index >= 15 is 0 Å². The first-order valence-electron chi connectivity index (χ1n) is 7.79. The molecule has 0 spiro atoms. The predicted octanol–water partition coefficient (Wildman–Crippen LogP) is 2.46. The van der Waals surface area contributed by atoms with Crippen LogP contribution in [0.5, 0.6) is 0 Å². The molecule has 7 nitrogen and oxygen atoms in total. The quantitative estimate of drug-likeness (QED) is 0.770. The molecule has 25 heavy (non-hydrogen) atoms. The fraction of sp³-hybridized carbons (Fsp3) is 0.375. The van der Waals surface area contributed by atoms with Gasteiger partial charge in [0.2, 0.25) is 5.91 Å². The number of thiazole rings is 1. The minimum Gasteiger partial charge on any atom is -0.480 e. The number of aliphatic carboxylic acids is 1. The van der Waals surface area contributed by atoms with Crippen LogP contribution in [0.2, 0.25) is 0 Å². The van der Waals surface area contributed by atoms with Gasteiger partial charge in [-0.2, -0.15) is 0 Å². The lowest BCUT2D eigenvalue weighted by Crippen LogP contribution is -2.45. The summed E-state index contributed by atoms with van der Waals surface area (Å²) >= 11 is 2.58. The van der Waals surface area contributed by atoms with Gasteiger partial charge >= 0.3 is 5.97 Å². The third kappa shape index (κ3) is 4.23. The summed E-state index contributed by atoms with van der Waals surface area (Å²) in [5.74, 6) is -1.50. The SMILES string of the molecule is CC(C(=O)O)N(C(=O)Cc1csc(NC(=O)c2cccs2)n1)C1CC1. The number of carbonyl (C=O) groups excluding carboxylic acids is 2. The fourth-order valence-corrected chi connectivity index (χ4v) is 3.79. The van der Waals surface area contributed by atoms with Gasteiger partial charge in [0, 0.05) is 11.4 Å². The number of nitrogens with one attached hydrogen (secondary N) is 1. The second kappa shape index (κ2) is 7.32. The van der Waals surface area contributed by atoms with E-state index in [0.29, 0.717) is 15.7 Å². The molecule has 2 aromatic rings. The van der Waals surface area contributed by atoms with Crippen LogP contribution < -0.4 is 5.32 Å². The predicted molar refractivity (Wildman–Crippen MR) is 95.1 cm³/mol. The average molecular weight is 379 g/mol. The highest BCUT2D eigenvalue weighted by Gasteiger charge is 2.38. The van der Waals surface area contributed by atoms with Crippen molar-refractivity contribution in [3.8, 4) is 0 Å². The first-order valence-corrected chi connectivity index (χ1v) is 9.55. The van der Waals surface area contributed by atoms with Gasteiger partial charge in [-0.15, -0.1) is 22.7 Å². The summed E-state index contributed by atoms with van der Waals surface area (Å²) in [5, 5.41) is 15.8. The van der Waals surface area contributed by atoms with Gasteiger partial charge < -0.3 is 10.0 Å². The number of rotatable bonds is 7. The highest BCUT2D eigenvalue weighted by Crippen LogP contribution is 2.29. The van der Waals surface area contributed by atoms with Crippen molar-refractivity contribution in [1.82, 2.24) is 9.88 Å². The molecular formula is C16H17N3O4S2. The molecule has 2 amide bonds. The van der Waals surface area contributed by atoms with Gasteiger partial charge in [0.05, 0.1) is 17.0 Å². The standard InChI is InChI=1S/C16H17N3O4S2/c1-9(15(22)23)19(11-4-5-11)13(20)7-10-8-25-16(17-10)18-14(21)12-3-2-6-24-12/h2-3,6,8-9,11H,4-5,7H2,1H3,(H,22,23)(H,17,18,21). The van der Waals surface area contributed by atoms with Crippen molar-refractivity contribution in [3.63, 3.8) is 0 Å². The molecular weight excluding hydrogens is 362 g/mol. The van der Waals surface area contributed by atoms with Gasteiger partial charge in [-0.25, -0.2) is 9.78 Å². The minimum absolute atomic E-state index is 0.00948. The largest absolute Gasteiger partial charge is 0.480 e. The summed E-state index contributed by atoms with van der Waals surface area (Å²) in [7, 11) is 0. The van der Waals surface area contributed by atoms with Crippen LogP contribution >= 0.6 is 22.7 Å². The molecule has 132 valence electrons. The smallest absolute Gasteiger partial charge is 0.326 e. The van der Waals surface area contributed by atoms with Gasteiger partial charge in [-0.1, -0.05) is 6.07 Å². The van der Waals surface area contributed by atoms with Crippen LogP contribution in [0.3, 0.4) is 0 Å². The Balaban J connectivity index is 1.63. The third-order valence-electron chi connectivity index (χ3n) is 3.85. The summed E-state index contributed by atoms with van der Waals surface area (Å²) in [5.41, 5.74) is 0.528. The number of carboxylic acid groups (broad SMARTS) is 1. The van der Waals surface area contributed by atoms with Gasteiger partial charge in [-0.05, 0) is 31.2 Å². The lowest BCUT2D eigenvalue weighted by Gasteiger charge is -2.26. The molecule has 0 radical (unpaired) electrons. The second-order valence-electron chi connectivity index (χ2n) is 5.80. The van der Waals surface area contributed by atoms with E-state index in [9.17, 15) is 19.5 Å². The van der Waals surface area contributed by atoms with Crippen LogP contribution in [0, 0.1) is 0 Å². The van der Waals surface area contributed by atoms with Crippen molar-refractivity contribution in [2.24, 2.45) is 0 Å². The zero-order chi connectivity index (χ0) is 18.0. The lowest BCUT2D eigenvalue weighted by molar-refractivity contribution is -0.149. The Hall–Kier alpha value is -2.26. The van der Waals surface area contributed by atoms with Crippen LogP contribution in [-0.2, 0) is 16.0 Å². The number of carbonyl (C=O) groups is 3. The summed E-state index contributed by atoms with van der Waals surface area (Å²) < 4.78 is 0. The molecule has 1 fully saturated rings. The molecule has 2 aromatic heterocycles. The highest BCUT2D eigenvalue weighted by molar-refractivity contribution is 7.14. The van der Waals surface area contributed by atoms with Gasteiger partial charge in [-0.3, -0.25) is 14.9 Å². The number of nitrogens with zero attached hydrogens (tertiary/aromatic N) is 2. The molecule has 3 rings (SSSR count). The van der Waals surface area contributed by atoms with Crippen molar-refractivity contribution in [2.75, 3.05) is 5.32 Å². The number of carboxylic acids is 1. The zero-order valence-corrected chi connectivity index (χ0v) is 15.1. The maximum Gasteiger partial charge on any atom is 0.326 e. The Kier molecular flexibility index (Phi) is 5.14. The maximum absolute atomic E-state index is 12.5. The molecule has 0 aromatic carbocycles. The van der Waals surface area contributed by atoms with E-state index in [1.807, 2.05) is 5.38 Å². The van der Waals surface area contributed by atoms with Crippen LogP contribution in [0.1, 0.15) is 35.1 Å². The first-order chi connectivity index (χ1) is 12.0. The summed E-state index contributed by atoms with van der Waals surface area (Å²) in [6.07, 6.45) is 1.70. The van der Waals surface area contributed by atoms with E-state index in [-0.39, 0.29) is 24.3 Å². The Morgan fingerprint density at radius 2 is 2.16 bits per heavy atom. The minimum atomic E-state index is -1.01. The summed E-state index contributed by atoms with van der Waals surface area (Å²) in [6.45, 7) is 1.52. The van der Waals surface area contributed by atoms with Crippen molar-refractivity contribution >= 4 is 45.6 Å². The zero-order valence-electron chi connectivity index (χ0n) is 13.5. The molecule has 2 N–H and O–H groups in total. The van der Waals surface area contributed by atoms with Crippen molar-refractivity contribution in [1.29, 1.82) is 0 Å². The molecule has 1 unspecified atom stereocenters. The topological polar surface area (TPSA) is 99.6 Å². The number of hydrogen-bond donors (Lipinski definition) is 2. The number of amides is 2. The molecule has 0 bridgehead atoms. The Morgan fingerprint density at radius 3 is 2.76 bits per heavy atom. The number of anilines is 1. The van der Waals surface area contributed by atoms with Crippen LogP contribution in [-0.4, -0.2) is 44.9 Å². The maximum atomic E-state index is 12.5. The molecule has 2 heterocycles. The van der Waals surface area contributed by atoms with Crippen molar-refractivity contribution in [2.45, 2.75) is 38.3 Å². The van der Waals surface area contributed by atoms with E-state index < -0.39 is 12.0 Å². The Morgan fingerprint density at radius 1 is 1.40 bits per heavy atom. The first kappa shape index (κ1) is 17.6. The van der Waals surface area contributed by atoms with Gasteiger partial charge in [0.15, 0.2) is 5.13 Å². The molecule has 1 saturated carbocycles. The van der Waals surface area contributed by atoms with Crippen LogP contribution in [0.4, 0.5) is 5.13 Å². The van der Waals surface area contributed by atoms with E-state index in [1.54, 1.807) is 17.5 Å². The second-order valence-corrected chi connectivity index (χ2v) is 7.60. The van der Waals surface area contributed by atoms with Crippen LogP contribution in [0.25, 0.3) is 0 Å². The Bertz CT molecular complexity index is 783. The summed E-state index contributed by atoms with van der Waals surface area (Å²) in [4.78, 5) is 42.0. The molecule has 9 heteroatoms. The van der Waals surface area contributed by atoms with E-state index in [2.05, 4.69) is 10.3 Å². The summed E-state index contributed by atoms with van der Waals surface area (Å²) in [6, 6.07) is 2.67. The van der Waals surface area contributed by atoms with Crippen molar-refractivity contribution < 1.29 is 19.5 Å². The normalized spacial score (nSPS) is 14.8. The number of hydrogen-bond acceptors (Lipinski definition) is 6. The molecule has 0 aliphatic heterocycles. The van der Waals surface area contributed by atoms with Gasteiger partial charge in [0.1, 0.15) is 6.04 Å². The third-order valence-corrected chi connectivity index (χ3v) is 5.53. The molecule has 1 aliphatic rings. The Labute approximate surface area is 152 Å². The lowest BCUT2D eigenvalue weighted by atomic mass is 10.2. The number of aromatic nitrogens is 1. The molecule has 0 saturated heterocycles. The van der Waals surface area contributed by atoms with Crippen molar-refractivity contribution in [3.05, 3.63) is 33.5 Å². The van der Waals surface area contributed by atoms with E-state index in [0.717, 1.165) is 12.8 Å². The van der Waals surface area contributed by atoms with Gasteiger partial charge in [0.25, 0.3) is 5.91 Å². The molecule has 1 atom stereocenters. The molecule has 1 aliphatic carbocycles. The monoisotopic (exact) mass is 379 g/mol. The van der Waals surface area contributed by atoms with E-state index in [4.69, 9.17) is 0 Å². The van der Waals surface area contributed by atoms with Crippen LogP contribution in [0.15, 0.2) is 22.9 Å². The average Bonchev–Trinajstić information content (AvgIpc) is 3.07. The number of thiophene rings is 1. The fourth-order valence-electron chi connectivity index (χ4n) is 2.47. The highest BCUT2D eigenvalue weighted by atomic mass is 32.1.